The smallest absolute Gasteiger partial charge is 1.00 e. The van der Waals surface area contributed by atoms with Crippen LogP contribution in [0.25, 0.3) is 11.6 Å². The molecular weight excluding hydrogens is 493 g/mol. The molecule has 0 spiro atoms. The summed E-state index contributed by atoms with van der Waals surface area (Å²) in [6, 6.07) is 39.3. The molecule has 1 nitrogen and oxygen atoms in total. The molecule has 0 radical (unpaired) electrons. The van der Waals surface area contributed by atoms with Gasteiger partial charge in [-0.25, -0.2) is 0 Å². The maximum atomic E-state index is 2.39. The van der Waals surface area contributed by atoms with E-state index in [2.05, 4.69) is 153 Å². The number of para-hydroxylation sites is 1. The van der Waals surface area contributed by atoms with E-state index in [1.807, 2.05) is 0 Å². The molecule has 169 valence electrons. The Hall–Kier alpha value is -2.29. The number of fused-ring (bicyclic) bond motifs is 1. The van der Waals surface area contributed by atoms with Crippen LogP contribution in [-0.2, 0) is 26.2 Å². The van der Waals surface area contributed by atoms with Crippen LogP contribution >= 0.6 is 0 Å². The van der Waals surface area contributed by atoms with Crippen molar-refractivity contribution in [3.05, 3.63) is 137 Å². The molecule has 1 atom stereocenters. The van der Waals surface area contributed by atoms with Gasteiger partial charge < -0.3 is 24.8 Å². The van der Waals surface area contributed by atoms with Crippen molar-refractivity contribution in [3.8, 4) is 0 Å². The number of anilines is 1. The van der Waals surface area contributed by atoms with E-state index in [0.29, 0.717) is 0 Å². The molecule has 0 bridgehead atoms. The summed E-state index contributed by atoms with van der Waals surface area (Å²) in [6.07, 6.45) is 2.38. The summed E-state index contributed by atoms with van der Waals surface area (Å²) in [5, 5.41) is 0. The summed E-state index contributed by atoms with van der Waals surface area (Å²) in [5.41, 5.74) is 9.14. The second kappa shape index (κ2) is 11.0. The minimum absolute atomic E-state index is 0. The number of rotatable bonds is 5. The van der Waals surface area contributed by atoms with E-state index in [0.717, 1.165) is 0 Å². The monoisotopic (exact) mass is 518 g/mol. The van der Waals surface area contributed by atoms with Gasteiger partial charge in [0.2, 0.25) is 0 Å². The first-order valence-electron chi connectivity index (χ1n) is 11.1. The predicted molar refractivity (Wildman–Crippen MR) is 131 cm³/mol. The summed E-state index contributed by atoms with van der Waals surface area (Å²) < 4.78 is 2.39. The van der Waals surface area contributed by atoms with Crippen LogP contribution < -0.4 is 28.2 Å². The van der Waals surface area contributed by atoms with Gasteiger partial charge in [-0.15, -0.1) is 0 Å². The van der Waals surface area contributed by atoms with E-state index in [4.69, 9.17) is 0 Å². The Kier molecular flexibility index (Phi) is 8.49. The summed E-state index contributed by atoms with van der Waals surface area (Å²) >= 11 is 2.20. The summed E-state index contributed by atoms with van der Waals surface area (Å²) in [4.78, 5) is 0. The van der Waals surface area contributed by atoms with Crippen molar-refractivity contribution in [2.24, 2.45) is 0 Å². The first-order valence-corrected chi connectivity index (χ1v) is 11.8. The fourth-order valence-electron chi connectivity index (χ4n) is 4.87. The fourth-order valence-corrected chi connectivity index (χ4v) is 5.29. The molecule has 0 aromatic heterocycles. The van der Waals surface area contributed by atoms with Gasteiger partial charge in [0.05, 0.1) is 0 Å². The molecule has 0 aliphatic heterocycles. The van der Waals surface area contributed by atoms with E-state index in [9.17, 15) is 0 Å². The molecule has 1 unspecified atom stereocenters. The Morgan fingerprint density at radius 2 is 1.18 bits per heavy atom. The maximum Gasteiger partial charge on any atom is -1.00 e. The molecule has 1 aliphatic rings. The van der Waals surface area contributed by atoms with Gasteiger partial charge in [-0.05, 0) is 0 Å². The van der Waals surface area contributed by atoms with Crippen LogP contribution in [0.1, 0.15) is 47.6 Å². The van der Waals surface area contributed by atoms with Gasteiger partial charge in [0.15, 0.2) is 0 Å². The van der Waals surface area contributed by atoms with Crippen LogP contribution in [0.4, 0.5) is 5.69 Å². The molecule has 0 saturated carbocycles. The molecule has 5 rings (SSSR count). The topological polar surface area (TPSA) is 3.24 Å². The van der Waals surface area contributed by atoms with E-state index >= 15 is 0 Å². The number of benzene rings is 4. The van der Waals surface area contributed by atoms with Crippen molar-refractivity contribution in [2.45, 2.75) is 25.3 Å². The minimum Gasteiger partial charge on any atom is -1.00 e. The zero-order valence-corrected chi connectivity index (χ0v) is 22.3. The zero-order chi connectivity index (χ0) is 22.1. The third-order valence-electron chi connectivity index (χ3n) is 6.54. The Bertz CT molecular complexity index is 1270. The quantitative estimate of drug-likeness (QED) is 0.363. The van der Waals surface area contributed by atoms with Crippen LogP contribution in [0.15, 0.2) is 109 Å². The van der Waals surface area contributed by atoms with Gasteiger partial charge in [-0.1, -0.05) is 0 Å². The average Bonchev–Trinajstić information content (AvgIpc) is 3.24. The summed E-state index contributed by atoms with van der Waals surface area (Å²) in [7, 11) is 0. The van der Waals surface area contributed by atoms with Crippen molar-refractivity contribution in [1.82, 2.24) is 0 Å². The Balaban J connectivity index is 0.00000162. The number of hydrogen-bond acceptors (Lipinski definition) is 1. The number of halogens is 2. The zero-order valence-electron chi connectivity index (χ0n) is 19.3. The standard InChI is InChI=1S/C30H26N.2ClH.Ti/c1-30(2,31-24-16-7-4-8-17-24)28-20-12-11-19-26(28)29-25-18-10-9-15-23(25)21-27(29)22-13-5-3-6-14-22;;;/h3-21,29H,1-2H3;2*1H;/q-1;;;+3/p-2. The number of nitrogens with zero attached hydrogens (tertiary/aromatic N) is 1. The number of hydrogen-bond donors (Lipinski definition) is 0. The SMILES string of the molecule is CC(C)(c1ccccc1C1C(c2ccccc2)=Cc2ccccc21)[N]([Ti+2])c1ccccc1.[Cl-].[Cl-]. The van der Waals surface area contributed by atoms with Crippen LogP contribution in [0, 0.1) is 0 Å². The molecular formula is C30H26Cl2NTi. The third kappa shape index (κ3) is 4.76. The Labute approximate surface area is 227 Å². The Morgan fingerprint density at radius 1 is 0.647 bits per heavy atom. The summed E-state index contributed by atoms with van der Waals surface area (Å²) in [6.45, 7) is 4.65. The van der Waals surface area contributed by atoms with Gasteiger partial charge in [-0.3, -0.25) is 0 Å². The normalized spacial score (nSPS) is 14.4. The second-order valence-corrected chi connectivity index (χ2v) is 9.54. The molecule has 0 saturated heterocycles. The molecule has 4 aromatic rings. The molecule has 4 heteroatoms. The van der Waals surface area contributed by atoms with Gasteiger partial charge in [0, 0.05) is 0 Å². The maximum absolute atomic E-state index is 2.39. The van der Waals surface area contributed by atoms with Crippen LogP contribution in [0.3, 0.4) is 0 Å². The van der Waals surface area contributed by atoms with Crippen molar-refractivity contribution >= 4 is 17.3 Å². The second-order valence-electron chi connectivity index (χ2n) is 8.84. The molecule has 34 heavy (non-hydrogen) atoms. The van der Waals surface area contributed by atoms with Crippen molar-refractivity contribution in [1.29, 1.82) is 0 Å². The average molecular weight is 519 g/mol. The fraction of sp³-hybridized carbons (Fsp3) is 0.133. The minimum atomic E-state index is -0.183. The van der Waals surface area contributed by atoms with Gasteiger partial charge in [0.1, 0.15) is 0 Å². The molecule has 0 amide bonds. The first-order chi connectivity index (χ1) is 15.6. The van der Waals surface area contributed by atoms with Gasteiger partial charge >= 0.3 is 204 Å². The van der Waals surface area contributed by atoms with Crippen molar-refractivity contribution < 1.29 is 45.5 Å². The first kappa shape index (κ1) is 26.3. The van der Waals surface area contributed by atoms with Crippen molar-refractivity contribution in [2.75, 3.05) is 3.38 Å². The van der Waals surface area contributed by atoms with Crippen molar-refractivity contribution in [3.63, 3.8) is 0 Å². The van der Waals surface area contributed by atoms with Gasteiger partial charge in [-0.2, -0.15) is 0 Å². The third-order valence-corrected chi connectivity index (χ3v) is 7.82. The van der Waals surface area contributed by atoms with Crippen LogP contribution in [0.5, 0.6) is 0 Å². The van der Waals surface area contributed by atoms with E-state index in [1.165, 1.54) is 39.1 Å². The van der Waals surface area contributed by atoms with Crippen LogP contribution in [0.2, 0.25) is 0 Å². The molecule has 1 aliphatic carbocycles. The molecule has 4 aromatic carbocycles. The number of allylic oxidation sites excluding steroid dienone is 1. The molecule has 0 fully saturated rings. The van der Waals surface area contributed by atoms with Crippen LogP contribution in [-0.4, -0.2) is 0 Å². The predicted octanol–water partition coefficient (Wildman–Crippen LogP) is 1.58. The molecule has 0 heterocycles. The summed E-state index contributed by atoms with van der Waals surface area (Å²) in [5.74, 6) is 0.216. The molecule has 0 N–H and O–H groups in total. The van der Waals surface area contributed by atoms with Gasteiger partial charge in [0.25, 0.3) is 0 Å². The van der Waals surface area contributed by atoms with E-state index < -0.39 is 0 Å². The Morgan fingerprint density at radius 3 is 1.85 bits per heavy atom. The van der Waals surface area contributed by atoms with E-state index in [1.54, 1.807) is 0 Å². The van der Waals surface area contributed by atoms with E-state index in [-0.39, 0.29) is 36.3 Å². The largest absolute Gasteiger partial charge is 1.00 e.